The summed E-state index contributed by atoms with van der Waals surface area (Å²) in [4.78, 5) is 4.44. The van der Waals surface area contributed by atoms with Gasteiger partial charge >= 0.3 is 12.4 Å². The molecular formula is C94H111F8N5O8S4. The number of hydrogen-bond donors (Lipinski definition) is 0. The Morgan fingerprint density at radius 1 is 0.286 bits per heavy atom. The summed E-state index contributed by atoms with van der Waals surface area (Å²) in [5.41, 5.74) is 1.89. The van der Waals surface area contributed by atoms with Crippen LogP contribution in [0.3, 0.4) is 0 Å². The molecule has 9 aromatic carbocycles. The number of hydrogen-bond acceptors (Lipinski definition) is 17. The monoisotopic (exact) mass is 1720 g/mol. The summed E-state index contributed by atoms with van der Waals surface area (Å²) >= 11 is 7.04. The molecular weight excluding hydrogens is 1610 g/mol. The number of nitriles is 5. The number of alkyl halides is 6. The lowest BCUT2D eigenvalue weighted by Crippen LogP contribution is -2.05. The highest BCUT2D eigenvalue weighted by molar-refractivity contribution is 8.00. The molecule has 0 atom stereocenters. The summed E-state index contributed by atoms with van der Waals surface area (Å²) in [6, 6.07) is 64.7. The fourth-order valence-electron chi connectivity index (χ4n) is 8.88. The third kappa shape index (κ3) is 49.6. The zero-order valence-electron chi connectivity index (χ0n) is 70.1. The minimum atomic E-state index is -4.30. The third-order valence-corrected chi connectivity index (χ3v) is 19.5. The summed E-state index contributed by atoms with van der Waals surface area (Å²) in [5.74, 6) is 8.54. The fourth-order valence-corrected chi connectivity index (χ4v) is 12.6. The van der Waals surface area contributed by atoms with E-state index in [9.17, 15) is 35.1 Å². The molecule has 119 heavy (non-hydrogen) atoms. The Balaban J connectivity index is 0.000000670. The van der Waals surface area contributed by atoms with Crippen molar-refractivity contribution >= 4 is 47.0 Å². The smallest absolute Gasteiger partial charge is 0.416 e. The minimum absolute atomic E-state index is 0.142. The van der Waals surface area contributed by atoms with Crippen LogP contribution in [0.5, 0.6) is 46.0 Å². The van der Waals surface area contributed by atoms with E-state index in [4.69, 9.17) is 64.2 Å². The van der Waals surface area contributed by atoms with Gasteiger partial charge < -0.3 is 37.9 Å². The Kier molecular flexibility index (Phi) is 59.7. The van der Waals surface area contributed by atoms with E-state index in [0.717, 1.165) is 113 Å². The fraction of sp³-hybridized carbons (Fsp3) is 0.372. The molecule has 0 aromatic heterocycles. The molecule has 0 saturated heterocycles. The van der Waals surface area contributed by atoms with Crippen molar-refractivity contribution in [3.05, 3.63) is 251 Å². The van der Waals surface area contributed by atoms with Crippen LogP contribution in [0.1, 0.15) is 178 Å². The van der Waals surface area contributed by atoms with E-state index in [0.29, 0.717) is 84.2 Å². The van der Waals surface area contributed by atoms with Crippen molar-refractivity contribution in [1.82, 2.24) is 0 Å². The van der Waals surface area contributed by atoms with Crippen LogP contribution < -0.4 is 37.9 Å². The predicted octanol–water partition coefficient (Wildman–Crippen LogP) is 28.0. The van der Waals surface area contributed by atoms with Gasteiger partial charge in [0.25, 0.3) is 0 Å². The normalized spacial score (nSPS) is 9.97. The Labute approximate surface area is 717 Å². The quantitative estimate of drug-likeness (QED) is 0.0214. The van der Waals surface area contributed by atoms with Gasteiger partial charge in [-0.25, -0.2) is 8.78 Å². The van der Waals surface area contributed by atoms with Gasteiger partial charge in [0, 0.05) is 37.8 Å². The highest BCUT2D eigenvalue weighted by Gasteiger charge is 2.31. The average molecular weight is 1720 g/mol. The van der Waals surface area contributed by atoms with Crippen molar-refractivity contribution in [2.45, 2.75) is 171 Å². The number of unbranched alkanes of at least 4 members (excludes halogenated alkanes) is 4. The second-order valence-corrected chi connectivity index (χ2v) is 29.5. The highest BCUT2D eigenvalue weighted by Crippen LogP contribution is 2.35. The maximum absolute atomic E-state index is 12.7. The minimum Gasteiger partial charge on any atom is -0.494 e. The molecule has 0 spiro atoms. The molecule has 25 heteroatoms. The van der Waals surface area contributed by atoms with Gasteiger partial charge in [0.15, 0.2) is 34.5 Å². The molecule has 9 rings (SSSR count). The van der Waals surface area contributed by atoms with E-state index < -0.39 is 23.5 Å². The number of ether oxygens (including phenoxy) is 8. The van der Waals surface area contributed by atoms with E-state index in [1.807, 2.05) is 100 Å². The standard InChI is InChI=1S/C12H15NO2.C11H13F3O.C11H13NO2.C11H13NS.C10H11F3O.C10H13FS.C10H11NO2.C10H11NS.C9H11FS/c1-3-4-7-15-12-8-10(9-13)5-6-11(12)14-2;1-2-3-7-15-10-6-4-5-9(8-10)11(12,13)14;1-3-6-14-11-7-9(8-12)4-5-10(11)13-2;1-2-3-7-13-11-6-4-5-10(8-11)9-12;1-2-6-14-9-5-3-4-8(7-9)10(11,12)13;1-2-3-7-12-10-6-4-5-9(11)8-10;1-3-13-10-6-8(7-11)4-5-9(10)12-2;1-2-6-12-10-5-3-4-9(7-10)8-11;1-2-6-11-9-5-3-4-8(10)7-9/h5-6,8H,3-4,7H2,1-2H3;4-6,8H,2-3,7H2,1H3;4-5,7H,3,6H2,1-2H3;4-6,8H,2-3,7H2,1H3;3-5,7H,2,6H2,1H3;4-6,8H,2-3,7H2,1H3;4-6H,3H2,1-2H3;3-5,7H,2,6H2,1H3;3-5,7H,2,6H2,1H3. The first-order valence-corrected chi connectivity index (χ1v) is 43.1. The number of benzene rings is 9. The topological polar surface area (TPSA) is 193 Å². The van der Waals surface area contributed by atoms with Gasteiger partial charge in [-0.05, 0) is 227 Å². The first-order valence-electron chi connectivity index (χ1n) is 39.2. The Morgan fingerprint density at radius 3 is 0.908 bits per heavy atom. The van der Waals surface area contributed by atoms with Gasteiger partial charge in [-0.3, -0.25) is 0 Å². The van der Waals surface area contributed by atoms with E-state index in [-0.39, 0.29) is 23.1 Å². The molecule has 0 saturated carbocycles. The molecule has 0 amide bonds. The summed E-state index contributed by atoms with van der Waals surface area (Å²) in [6.07, 6.45) is 4.14. The lowest BCUT2D eigenvalue weighted by molar-refractivity contribution is -0.138. The van der Waals surface area contributed by atoms with Crippen molar-refractivity contribution in [2.24, 2.45) is 0 Å². The SMILES string of the molecule is CCCCOc1cc(C#N)ccc1OC.CCCCOc1cccc(C(F)(F)F)c1.CCCCSc1cccc(C#N)c1.CCCCSc1cccc(F)c1.CCCOc1cc(C#N)ccc1OC.CCCOc1cccc(C(F)(F)F)c1.CCCSc1cccc(C#N)c1.CCCSc1cccc(F)c1.CCOc1cc(C#N)ccc1OC. The zero-order chi connectivity index (χ0) is 88.3. The molecule has 0 unspecified atom stereocenters. The lowest BCUT2D eigenvalue weighted by Gasteiger charge is -2.10. The Bertz CT molecular complexity index is 4470. The van der Waals surface area contributed by atoms with Gasteiger partial charge in [0.1, 0.15) is 23.1 Å². The van der Waals surface area contributed by atoms with Crippen molar-refractivity contribution in [1.29, 1.82) is 26.3 Å². The van der Waals surface area contributed by atoms with Crippen LogP contribution in [0.15, 0.2) is 220 Å². The first-order chi connectivity index (χ1) is 57.4. The van der Waals surface area contributed by atoms with Gasteiger partial charge in [-0.15, -0.1) is 47.0 Å². The summed E-state index contributed by atoms with van der Waals surface area (Å²) in [5, 5.41) is 43.4. The van der Waals surface area contributed by atoms with Gasteiger partial charge in [0.2, 0.25) is 0 Å². The Hall–Kier alpha value is -10.3. The highest BCUT2D eigenvalue weighted by atomic mass is 32.2. The second-order valence-electron chi connectivity index (χ2n) is 24.8. The molecule has 0 N–H and O–H groups in total. The number of nitrogens with zero attached hydrogens (tertiary/aromatic N) is 5. The van der Waals surface area contributed by atoms with Gasteiger partial charge in [-0.1, -0.05) is 117 Å². The molecule has 0 aliphatic carbocycles. The van der Waals surface area contributed by atoms with Crippen LogP contribution >= 0.6 is 47.0 Å². The van der Waals surface area contributed by atoms with E-state index in [1.54, 1.807) is 135 Å². The molecule has 9 aromatic rings. The van der Waals surface area contributed by atoms with E-state index in [1.165, 1.54) is 78.3 Å². The largest absolute Gasteiger partial charge is 0.494 e. The number of halogens is 8. The molecule has 0 heterocycles. The maximum atomic E-state index is 12.7. The van der Waals surface area contributed by atoms with Gasteiger partial charge in [-0.2, -0.15) is 52.7 Å². The van der Waals surface area contributed by atoms with Crippen LogP contribution in [-0.4, -0.2) is 77.4 Å². The molecule has 0 aliphatic heterocycles. The van der Waals surface area contributed by atoms with E-state index in [2.05, 4.69) is 65.0 Å². The summed E-state index contributed by atoms with van der Waals surface area (Å²) < 4.78 is 141. The third-order valence-electron chi connectivity index (χ3n) is 15.0. The van der Waals surface area contributed by atoms with Crippen molar-refractivity contribution in [2.75, 3.05) is 77.4 Å². The average Bonchev–Trinajstić information content (AvgIpc) is 1.79. The van der Waals surface area contributed by atoms with Crippen LogP contribution in [0, 0.1) is 68.3 Å². The predicted molar refractivity (Wildman–Crippen MR) is 468 cm³/mol. The van der Waals surface area contributed by atoms with Crippen LogP contribution in [0.2, 0.25) is 0 Å². The molecule has 13 nitrogen and oxygen atoms in total. The van der Waals surface area contributed by atoms with Crippen molar-refractivity contribution in [3.8, 4) is 76.3 Å². The maximum Gasteiger partial charge on any atom is 0.416 e. The molecule has 0 fully saturated rings. The number of thioether (sulfide) groups is 4. The Morgan fingerprint density at radius 2 is 0.588 bits per heavy atom. The lowest BCUT2D eigenvalue weighted by atomic mass is 10.2. The van der Waals surface area contributed by atoms with Crippen LogP contribution in [0.25, 0.3) is 0 Å². The van der Waals surface area contributed by atoms with Gasteiger partial charge in [0.05, 0.1) is 124 Å². The molecule has 0 aliphatic rings. The zero-order valence-corrected chi connectivity index (χ0v) is 73.3. The van der Waals surface area contributed by atoms with Crippen molar-refractivity contribution in [3.63, 3.8) is 0 Å². The summed E-state index contributed by atoms with van der Waals surface area (Å²) in [7, 11) is 4.75. The molecule has 640 valence electrons. The first kappa shape index (κ1) is 107. The molecule has 0 radical (unpaired) electrons. The second kappa shape index (κ2) is 66.6. The summed E-state index contributed by atoms with van der Waals surface area (Å²) in [6.45, 7) is 21.3. The number of rotatable bonds is 33. The van der Waals surface area contributed by atoms with Crippen LogP contribution in [0.4, 0.5) is 35.1 Å². The molecule has 0 bridgehead atoms. The number of methoxy groups -OCH3 is 3. The van der Waals surface area contributed by atoms with E-state index >= 15 is 0 Å². The van der Waals surface area contributed by atoms with Crippen molar-refractivity contribution < 1.29 is 73.0 Å². The van der Waals surface area contributed by atoms with Crippen LogP contribution in [-0.2, 0) is 12.4 Å².